The summed E-state index contributed by atoms with van der Waals surface area (Å²) in [6.45, 7) is 2.33. The van der Waals surface area contributed by atoms with Crippen LogP contribution in [0.3, 0.4) is 0 Å². The summed E-state index contributed by atoms with van der Waals surface area (Å²) in [7, 11) is 0. The van der Waals surface area contributed by atoms with Crippen molar-refractivity contribution in [3.8, 4) is 11.1 Å². The minimum Gasteiger partial charge on any atom is -0.0729 e. The third-order valence-electron chi connectivity index (χ3n) is 7.77. The van der Waals surface area contributed by atoms with Crippen molar-refractivity contribution in [2.45, 2.75) is 12.8 Å². The molecule has 1 aliphatic rings. The van der Waals surface area contributed by atoms with E-state index in [9.17, 15) is 0 Å². The molecule has 0 nitrogen and oxygen atoms in total. The van der Waals surface area contributed by atoms with Crippen LogP contribution in [0.1, 0.15) is 18.4 Å². The van der Waals surface area contributed by atoms with Gasteiger partial charge in [0.15, 0.2) is 0 Å². The SMILES string of the molecule is CC1C=c2ccccc2=CC1c1ccc2ccc(-c3c4ccccc4c(Br)c4ccccc34)cc2c1. The van der Waals surface area contributed by atoms with Crippen LogP contribution in [0.4, 0.5) is 0 Å². The summed E-state index contributed by atoms with van der Waals surface area (Å²) in [5, 5.41) is 10.3. The van der Waals surface area contributed by atoms with Crippen LogP contribution in [-0.2, 0) is 0 Å². The molecule has 0 aromatic heterocycles. The molecule has 0 radical (unpaired) electrons. The van der Waals surface area contributed by atoms with Gasteiger partial charge in [-0.3, -0.25) is 0 Å². The third-order valence-corrected chi connectivity index (χ3v) is 8.62. The summed E-state index contributed by atoms with van der Waals surface area (Å²) in [4.78, 5) is 0. The van der Waals surface area contributed by atoms with E-state index in [1.807, 2.05) is 0 Å². The highest BCUT2D eigenvalue weighted by Gasteiger charge is 2.19. The lowest BCUT2D eigenvalue weighted by Crippen LogP contribution is -2.30. The summed E-state index contributed by atoms with van der Waals surface area (Å²) in [5.41, 5.74) is 3.94. The van der Waals surface area contributed by atoms with E-state index < -0.39 is 0 Å². The summed E-state index contributed by atoms with van der Waals surface area (Å²) >= 11 is 3.89. The normalized spacial score (nSPS) is 17.1. The molecule has 2 unspecified atom stereocenters. The highest BCUT2D eigenvalue weighted by molar-refractivity contribution is 9.10. The molecule has 0 heterocycles. The van der Waals surface area contributed by atoms with Gasteiger partial charge in [-0.25, -0.2) is 0 Å². The molecule has 7 rings (SSSR count). The van der Waals surface area contributed by atoms with Crippen molar-refractivity contribution in [1.29, 1.82) is 0 Å². The van der Waals surface area contributed by atoms with Gasteiger partial charge in [-0.1, -0.05) is 122 Å². The largest absolute Gasteiger partial charge is 0.0729 e. The molecule has 172 valence electrons. The zero-order valence-corrected chi connectivity index (χ0v) is 21.7. The predicted octanol–water partition coefficient (Wildman–Crippen LogP) is 8.57. The Kier molecular flexibility index (Phi) is 5.08. The zero-order valence-electron chi connectivity index (χ0n) is 20.1. The standard InChI is InChI=1S/C35H25Br/c1-22-18-24-8-2-3-9-25(24)21-33(22)26-16-14-23-15-17-27(20-28(23)19-26)34-29-10-4-6-12-31(29)35(36)32-13-7-5-11-30(32)34/h2-22,33H,1H3. The number of hydrogen-bond donors (Lipinski definition) is 0. The molecular weight excluding hydrogens is 500 g/mol. The van der Waals surface area contributed by atoms with Crippen molar-refractivity contribution in [2.24, 2.45) is 5.92 Å². The third kappa shape index (κ3) is 3.42. The molecular formula is C35H25Br. The van der Waals surface area contributed by atoms with Crippen LogP contribution < -0.4 is 10.4 Å². The summed E-state index contributed by atoms with van der Waals surface area (Å²) in [6, 6.07) is 40.1. The van der Waals surface area contributed by atoms with Crippen molar-refractivity contribution in [3.63, 3.8) is 0 Å². The molecule has 36 heavy (non-hydrogen) atoms. The smallest absolute Gasteiger partial charge is 0.0332 e. The van der Waals surface area contributed by atoms with Crippen molar-refractivity contribution in [2.75, 3.05) is 0 Å². The van der Waals surface area contributed by atoms with Gasteiger partial charge in [0.2, 0.25) is 0 Å². The first kappa shape index (κ1) is 21.6. The summed E-state index contributed by atoms with van der Waals surface area (Å²) < 4.78 is 1.17. The van der Waals surface area contributed by atoms with Gasteiger partial charge in [0.25, 0.3) is 0 Å². The number of fused-ring (bicyclic) bond motifs is 4. The van der Waals surface area contributed by atoms with Gasteiger partial charge in [-0.15, -0.1) is 0 Å². The molecule has 6 aromatic rings. The number of hydrogen-bond acceptors (Lipinski definition) is 0. The topological polar surface area (TPSA) is 0 Å². The van der Waals surface area contributed by atoms with Crippen molar-refractivity contribution < 1.29 is 0 Å². The molecule has 0 N–H and O–H groups in total. The second-order valence-corrected chi connectivity index (χ2v) is 10.7. The lowest BCUT2D eigenvalue weighted by molar-refractivity contribution is 0.694. The summed E-state index contributed by atoms with van der Waals surface area (Å²) in [6.07, 6.45) is 4.86. The molecule has 6 aromatic carbocycles. The Balaban J connectivity index is 1.44. The van der Waals surface area contributed by atoms with E-state index in [4.69, 9.17) is 0 Å². The first-order valence-electron chi connectivity index (χ1n) is 12.6. The van der Waals surface area contributed by atoms with Gasteiger partial charge in [0.1, 0.15) is 0 Å². The zero-order chi connectivity index (χ0) is 24.2. The Labute approximate surface area is 219 Å². The molecule has 0 fully saturated rings. The van der Waals surface area contributed by atoms with Gasteiger partial charge in [0, 0.05) is 10.4 Å². The van der Waals surface area contributed by atoms with Gasteiger partial charge < -0.3 is 0 Å². The van der Waals surface area contributed by atoms with Crippen LogP contribution in [-0.4, -0.2) is 0 Å². The molecule has 0 amide bonds. The maximum Gasteiger partial charge on any atom is 0.0332 e. The molecule has 0 spiro atoms. The van der Waals surface area contributed by atoms with Gasteiger partial charge in [0.05, 0.1) is 0 Å². The summed E-state index contributed by atoms with van der Waals surface area (Å²) in [5.74, 6) is 0.835. The second kappa shape index (κ2) is 8.47. The molecule has 0 bridgehead atoms. The van der Waals surface area contributed by atoms with E-state index in [-0.39, 0.29) is 0 Å². The fourth-order valence-corrected chi connectivity index (χ4v) is 6.65. The van der Waals surface area contributed by atoms with E-state index in [0.29, 0.717) is 11.8 Å². The maximum atomic E-state index is 3.89. The van der Waals surface area contributed by atoms with Crippen LogP contribution >= 0.6 is 15.9 Å². The van der Waals surface area contributed by atoms with E-state index >= 15 is 0 Å². The minimum atomic E-state index is 0.377. The average Bonchev–Trinajstić information content (AvgIpc) is 2.92. The quantitative estimate of drug-likeness (QED) is 0.199. The Morgan fingerprint density at radius 3 is 1.83 bits per heavy atom. The fourth-order valence-electron chi connectivity index (χ4n) is 5.96. The van der Waals surface area contributed by atoms with Crippen LogP contribution in [0, 0.1) is 5.92 Å². The van der Waals surface area contributed by atoms with Crippen molar-refractivity contribution in [3.05, 3.63) is 130 Å². The lowest BCUT2D eigenvalue weighted by atomic mass is 9.82. The fraction of sp³-hybridized carbons (Fsp3) is 0.0857. The minimum absolute atomic E-state index is 0.377. The van der Waals surface area contributed by atoms with Crippen LogP contribution in [0.25, 0.3) is 55.6 Å². The number of rotatable bonds is 2. The molecule has 2 atom stereocenters. The Morgan fingerprint density at radius 2 is 1.14 bits per heavy atom. The number of halogens is 1. The monoisotopic (exact) mass is 524 g/mol. The molecule has 0 aliphatic heterocycles. The van der Waals surface area contributed by atoms with Crippen molar-refractivity contribution >= 4 is 60.4 Å². The van der Waals surface area contributed by atoms with E-state index in [1.165, 1.54) is 63.9 Å². The number of benzene rings is 6. The van der Waals surface area contributed by atoms with Crippen LogP contribution in [0.5, 0.6) is 0 Å². The molecule has 1 heteroatoms. The Morgan fingerprint density at radius 1 is 0.556 bits per heavy atom. The van der Waals surface area contributed by atoms with E-state index in [1.54, 1.807) is 0 Å². The first-order valence-corrected chi connectivity index (χ1v) is 13.4. The molecule has 0 saturated heterocycles. The van der Waals surface area contributed by atoms with E-state index in [2.05, 4.69) is 144 Å². The Hall–Kier alpha value is -3.68. The highest BCUT2D eigenvalue weighted by Crippen LogP contribution is 2.42. The van der Waals surface area contributed by atoms with E-state index in [0.717, 1.165) is 0 Å². The first-order chi connectivity index (χ1) is 17.7. The van der Waals surface area contributed by atoms with Gasteiger partial charge in [-0.2, -0.15) is 0 Å². The molecule has 0 saturated carbocycles. The van der Waals surface area contributed by atoms with Crippen LogP contribution in [0.2, 0.25) is 0 Å². The van der Waals surface area contributed by atoms with Gasteiger partial charge >= 0.3 is 0 Å². The second-order valence-electron chi connectivity index (χ2n) is 9.95. The average molecular weight is 525 g/mol. The molecule has 1 aliphatic carbocycles. The maximum absolute atomic E-state index is 3.89. The Bertz CT molecular complexity index is 1870. The lowest BCUT2D eigenvalue weighted by Gasteiger charge is -2.22. The van der Waals surface area contributed by atoms with Crippen molar-refractivity contribution in [1.82, 2.24) is 0 Å². The highest BCUT2D eigenvalue weighted by atomic mass is 79.9. The van der Waals surface area contributed by atoms with Crippen LogP contribution in [0.15, 0.2) is 114 Å². The predicted molar refractivity (Wildman–Crippen MR) is 159 cm³/mol. The van der Waals surface area contributed by atoms with Gasteiger partial charge in [-0.05, 0) is 87.4 Å².